The van der Waals surface area contributed by atoms with Crippen molar-refractivity contribution in [3.8, 4) is 0 Å². The quantitative estimate of drug-likeness (QED) is 0.821. The molecule has 0 amide bonds. The van der Waals surface area contributed by atoms with Crippen molar-refractivity contribution in [3.05, 3.63) is 34.6 Å². The number of rotatable bonds is 1. The van der Waals surface area contributed by atoms with Crippen LogP contribution in [0.4, 0.5) is 4.39 Å². The molecule has 1 aromatic rings. The Morgan fingerprint density at radius 1 is 1.32 bits per heavy atom. The third kappa shape index (κ3) is 2.53. The summed E-state index contributed by atoms with van der Waals surface area (Å²) in [7, 11) is 0. The van der Waals surface area contributed by atoms with Gasteiger partial charge in [-0.25, -0.2) is 4.39 Å². The average Bonchev–Trinajstić information content (AvgIpc) is 2.30. The van der Waals surface area contributed by atoms with E-state index in [9.17, 15) is 9.50 Å². The molecule has 0 radical (unpaired) electrons. The molecule has 1 aliphatic heterocycles. The summed E-state index contributed by atoms with van der Waals surface area (Å²) in [4.78, 5) is 0. The van der Waals surface area contributed by atoms with Gasteiger partial charge in [0.15, 0.2) is 0 Å². The molecule has 2 unspecified atom stereocenters. The second kappa shape index (κ2) is 4.54. The van der Waals surface area contributed by atoms with Gasteiger partial charge in [0.05, 0.1) is 12.6 Å². The molecule has 0 saturated carbocycles. The minimum Gasteiger partial charge on any atom is -0.361 e. The van der Waals surface area contributed by atoms with E-state index in [-0.39, 0.29) is 17.4 Å². The fourth-order valence-electron chi connectivity index (χ4n) is 2.63. The molecule has 1 aromatic carbocycles. The van der Waals surface area contributed by atoms with Crippen molar-refractivity contribution >= 4 is 0 Å². The zero-order valence-electron chi connectivity index (χ0n) is 12.2. The zero-order chi connectivity index (χ0) is 14.4. The van der Waals surface area contributed by atoms with Crippen LogP contribution in [0.1, 0.15) is 37.5 Å². The van der Waals surface area contributed by atoms with Crippen LogP contribution >= 0.6 is 0 Å². The number of nitrogens with one attached hydrogen (secondary N) is 1. The predicted octanol–water partition coefficient (Wildman–Crippen LogP) is 2.37. The minimum atomic E-state index is -1.42. The number of benzene rings is 1. The Kier molecular flexibility index (Phi) is 3.45. The summed E-state index contributed by atoms with van der Waals surface area (Å²) in [5.74, 6) is -1.65. The normalized spacial score (nSPS) is 30.4. The zero-order valence-corrected chi connectivity index (χ0v) is 12.2. The largest absolute Gasteiger partial charge is 0.361 e. The lowest BCUT2D eigenvalue weighted by Crippen LogP contribution is -2.63. The maximum absolute atomic E-state index is 13.7. The highest BCUT2D eigenvalue weighted by Crippen LogP contribution is 2.34. The molecule has 0 bridgehead atoms. The number of hydrogen-bond acceptors (Lipinski definition) is 3. The van der Waals surface area contributed by atoms with Gasteiger partial charge in [0.1, 0.15) is 5.82 Å². The molecule has 0 aromatic heterocycles. The van der Waals surface area contributed by atoms with E-state index in [1.54, 1.807) is 26.0 Å². The van der Waals surface area contributed by atoms with Crippen LogP contribution in [0.3, 0.4) is 0 Å². The van der Waals surface area contributed by atoms with Crippen molar-refractivity contribution in [2.24, 2.45) is 0 Å². The first-order valence-corrected chi connectivity index (χ1v) is 6.57. The van der Waals surface area contributed by atoms with E-state index in [4.69, 9.17) is 4.74 Å². The first-order chi connectivity index (χ1) is 8.66. The number of aryl methyl sites for hydroxylation is 2. The van der Waals surface area contributed by atoms with Crippen LogP contribution in [0.5, 0.6) is 0 Å². The topological polar surface area (TPSA) is 41.5 Å². The molecule has 3 nitrogen and oxygen atoms in total. The van der Waals surface area contributed by atoms with Gasteiger partial charge < -0.3 is 15.2 Å². The molecule has 2 atom stereocenters. The number of hydrogen-bond donors (Lipinski definition) is 2. The molecule has 106 valence electrons. The number of ether oxygens (including phenoxy) is 1. The van der Waals surface area contributed by atoms with Crippen molar-refractivity contribution in [1.29, 1.82) is 0 Å². The van der Waals surface area contributed by atoms with E-state index >= 15 is 0 Å². The Morgan fingerprint density at radius 2 is 1.84 bits per heavy atom. The Morgan fingerprint density at radius 3 is 2.32 bits per heavy atom. The van der Waals surface area contributed by atoms with Gasteiger partial charge in [0, 0.05) is 11.1 Å². The van der Waals surface area contributed by atoms with Crippen LogP contribution < -0.4 is 5.32 Å². The van der Waals surface area contributed by atoms with Crippen LogP contribution in [-0.4, -0.2) is 23.3 Å². The smallest absolute Gasteiger partial charge is 0.208 e. The van der Waals surface area contributed by atoms with Crippen molar-refractivity contribution in [3.63, 3.8) is 0 Å². The summed E-state index contributed by atoms with van der Waals surface area (Å²) in [6.07, 6.45) is 0. The molecule has 1 fully saturated rings. The van der Waals surface area contributed by atoms with Gasteiger partial charge in [0.2, 0.25) is 5.79 Å². The van der Waals surface area contributed by atoms with Crippen molar-refractivity contribution in [2.75, 3.05) is 6.61 Å². The minimum absolute atomic E-state index is 0.185. The van der Waals surface area contributed by atoms with Gasteiger partial charge in [-0.05, 0) is 57.9 Å². The molecule has 1 heterocycles. The predicted molar refractivity (Wildman–Crippen MR) is 72.4 cm³/mol. The van der Waals surface area contributed by atoms with Gasteiger partial charge in [-0.15, -0.1) is 0 Å². The van der Waals surface area contributed by atoms with Crippen LogP contribution in [0.15, 0.2) is 12.1 Å². The Bertz CT molecular complexity index is 478. The molecule has 1 saturated heterocycles. The van der Waals surface area contributed by atoms with Gasteiger partial charge in [-0.3, -0.25) is 0 Å². The summed E-state index contributed by atoms with van der Waals surface area (Å²) >= 11 is 0. The molecule has 2 rings (SSSR count). The SMILES string of the molecule is Cc1cc(C2(O)OCC(C)(C)NC2C)cc(C)c1F. The molecule has 19 heavy (non-hydrogen) atoms. The van der Waals surface area contributed by atoms with E-state index in [0.29, 0.717) is 23.3 Å². The first-order valence-electron chi connectivity index (χ1n) is 6.57. The standard InChI is InChI=1S/C15H22FNO2/c1-9-6-12(7-10(2)13(9)16)15(18)11(3)17-14(4,5)8-19-15/h6-7,11,17-18H,8H2,1-5H3. The molecular formula is C15H22FNO2. The summed E-state index contributed by atoms with van der Waals surface area (Å²) in [5.41, 5.74) is 1.45. The fourth-order valence-corrected chi connectivity index (χ4v) is 2.63. The van der Waals surface area contributed by atoms with Crippen LogP contribution in [0.2, 0.25) is 0 Å². The average molecular weight is 267 g/mol. The van der Waals surface area contributed by atoms with Gasteiger partial charge in [-0.2, -0.15) is 0 Å². The van der Waals surface area contributed by atoms with Crippen LogP contribution in [0.25, 0.3) is 0 Å². The van der Waals surface area contributed by atoms with E-state index in [2.05, 4.69) is 5.32 Å². The highest BCUT2D eigenvalue weighted by molar-refractivity contribution is 5.34. The van der Waals surface area contributed by atoms with Crippen molar-refractivity contribution in [1.82, 2.24) is 5.32 Å². The summed E-state index contributed by atoms with van der Waals surface area (Å²) in [6.45, 7) is 9.69. The Hall–Kier alpha value is -0.970. The molecule has 2 N–H and O–H groups in total. The monoisotopic (exact) mass is 267 g/mol. The first kappa shape index (κ1) is 14.4. The van der Waals surface area contributed by atoms with Gasteiger partial charge >= 0.3 is 0 Å². The van der Waals surface area contributed by atoms with Crippen molar-refractivity contribution in [2.45, 2.75) is 52.0 Å². The van der Waals surface area contributed by atoms with Crippen LogP contribution in [0, 0.1) is 19.7 Å². The fraction of sp³-hybridized carbons (Fsp3) is 0.600. The summed E-state index contributed by atoms with van der Waals surface area (Å²) in [5, 5.41) is 14.1. The second-order valence-electron chi connectivity index (χ2n) is 6.16. The van der Waals surface area contributed by atoms with Crippen molar-refractivity contribution < 1.29 is 14.2 Å². The highest BCUT2D eigenvalue weighted by atomic mass is 19.1. The van der Waals surface area contributed by atoms with Crippen LogP contribution in [-0.2, 0) is 10.5 Å². The number of morpholine rings is 1. The summed E-state index contributed by atoms with van der Waals surface area (Å²) < 4.78 is 19.4. The molecule has 0 spiro atoms. The maximum atomic E-state index is 13.7. The third-order valence-corrected chi connectivity index (χ3v) is 3.70. The van der Waals surface area contributed by atoms with E-state index < -0.39 is 5.79 Å². The molecule has 1 aliphatic rings. The molecule has 0 aliphatic carbocycles. The second-order valence-corrected chi connectivity index (χ2v) is 6.16. The molecule has 4 heteroatoms. The van der Waals surface area contributed by atoms with E-state index in [1.165, 1.54) is 0 Å². The highest BCUT2D eigenvalue weighted by Gasteiger charge is 2.45. The van der Waals surface area contributed by atoms with E-state index in [0.717, 1.165) is 0 Å². The Balaban J connectivity index is 2.41. The Labute approximate surface area is 113 Å². The lowest BCUT2D eigenvalue weighted by atomic mass is 9.90. The number of halogens is 1. The third-order valence-electron chi connectivity index (χ3n) is 3.70. The molecular weight excluding hydrogens is 245 g/mol. The maximum Gasteiger partial charge on any atom is 0.208 e. The number of aliphatic hydroxyl groups is 1. The van der Waals surface area contributed by atoms with E-state index in [1.807, 2.05) is 20.8 Å². The van der Waals surface area contributed by atoms with Gasteiger partial charge in [-0.1, -0.05) is 0 Å². The van der Waals surface area contributed by atoms with Gasteiger partial charge in [0.25, 0.3) is 0 Å². The lowest BCUT2D eigenvalue weighted by molar-refractivity contribution is -0.263. The lowest BCUT2D eigenvalue weighted by Gasteiger charge is -2.46. The summed E-state index contributed by atoms with van der Waals surface area (Å²) in [6, 6.07) is 3.03.